The first-order chi connectivity index (χ1) is 22.7. The van der Waals surface area contributed by atoms with Crippen molar-refractivity contribution in [3.63, 3.8) is 0 Å². The summed E-state index contributed by atoms with van der Waals surface area (Å²) in [4.78, 5) is 22.2. The van der Waals surface area contributed by atoms with Crippen molar-refractivity contribution < 1.29 is 35.9 Å². The van der Waals surface area contributed by atoms with Crippen LogP contribution in [0.5, 0.6) is 0 Å². The molecule has 16 heteroatoms. The van der Waals surface area contributed by atoms with Gasteiger partial charge in [-0.25, -0.2) is 22.6 Å². The van der Waals surface area contributed by atoms with Gasteiger partial charge in [-0.15, -0.1) is 0 Å². The van der Waals surface area contributed by atoms with Gasteiger partial charge in [0.25, 0.3) is 0 Å². The average Bonchev–Trinajstić information content (AvgIpc) is 3.01. The molecule has 2 aliphatic heterocycles. The number of alkyl halides is 3. The van der Waals surface area contributed by atoms with Crippen molar-refractivity contribution in [3.8, 4) is 0 Å². The number of nitrogens with zero attached hydrogens (tertiary/aromatic N) is 5. The van der Waals surface area contributed by atoms with Gasteiger partial charge in [-0.3, -0.25) is 4.90 Å². The number of nitrogens with one attached hydrogen (secondary N) is 2. The molecular formula is C33H43F4N7O4S. The van der Waals surface area contributed by atoms with E-state index in [9.17, 15) is 30.8 Å². The van der Waals surface area contributed by atoms with Gasteiger partial charge >= 0.3 is 12.1 Å². The van der Waals surface area contributed by atoms with Crippen LogP contribution in [-0.4, -0.2) is 95.3 Å². The summed E-state index contributed by atoms with van der Waals surface area (Å²) in [5.74, 6) is -1.59. The van der Waals surface area contributed by atoms with E-state index in [0.29, 0.717) is 5.56 Å². The highest BCUT2D eigenvalue weighted by Crippen LogP contribution is 2.40. The molecule has 3 N–H and O–H groups in total. The zero-order valence-corrected chi connectivity index (χ0v) is 29.2. The number of piperidine rings is 1. The maximum atomic E-state index is 14.7. The van der Waals surface area contributed by atoms with Gasteiger partial charge in [0, 0.05) is 54.7 Å². The molecule has 0 unspecified atom stereocenters. The summed E-state index contributed by atoms with van der Waals surface area (Å²) in [6.45, 7) is 8.95. The largest absolute Gasteiger partial charge is 0.478 e. The number of halogens is 4. The van der Waals surface area contributed by atoms with Crippen LogP contribution in [-0.2, 0) is 16.2 Å². The van der Waals surface area contributed by atoms with Gasteiger partial charge in [-0.1, -0.05) is 18.2 Å². The summed E-state index contributed by atoms with van der Waals surface area (Å²) in [6.07, 6.45) is -1.10. The minimum Gasteiger partial charge on any atom is -0.478 e. The van der Waals surface area contributed by atoms with Crippen LogP contribution < -0.4 is 15.5 Å². The van der Waals surface area contributed by atoms with E-state index in [1.54, 1.807) is 30.3 Å². The second-order valence-electron chi connectivity index (χ2n) is 13.5. The van der Waals surface area contributed by atoms with E-state index >= 15 is 0 Å². The number of likely N-dealkylation sites (tertiary alicyclic amines) is 1. The number of rotatable bonds is 7. The lowest BCUT2D eigenvalue weighted by atomic mass is 9.77. The monoisotopic (exact) mass is 709 g/mol. The molecule has 3 heterocycles. The molecule has 1 aromatic heterocycles. The zero-order valence-electron chi connectivity index (χ0n) is 28.3. The van der Waals surface area contributed by atoms with Crippen molar-refractivity contribution in [2.24, 2.45) is 0 Å². The third-order valence-corrected chi connectivity index (χ3v) is 10.3. The number of benzene rings is 2. The van der Waals surface area contributed by atoms with Crippen molar-refractivity contribution >= 4 is 39.1 Å². The highest BCUT2D eigenvalue weighted by atomic mass is 32.2. The Bertz CT molecular complexity index is 1710. The number of hydrogen-bond donors (Lipinski definition) is 3. The number of aromatic nitrogens is 2. The van der Waals surface area contributed by atoms with E-state index in [0.717, 1.165) is 31.4 Å². The highest BCUT2D eigenvalue weighted by Gasteiger charge is 2.43. The number of anilines is 4. The predicted octanol–water partition coefficient (Wildman–Crippen LogP) is 5.91. The van der Waals surface area contributed by atoms with Crippen LogP contribution >= 0.6 is 0 Å². The number of carboxylic acids is 1. The van der Waals surface area contributed by atoms with E-state index < -0.39 is 33.5 Å². The minimum absolute atomic E-state index is 0.0185. The van der Waals surface area contributed by atoms with Crippen molar-refractivity contribution in [2.75, 3.05) is 55.0 Å². The fourth-order valence-electron chi connectivity index (χ4n) is 6.28. The fraction of sp³-hybridized carbons (Fsp3) is 0.485. The predicted molar refractivity (Wildman–Crippen MR) is 181 cm³/mol. The van der Waals surface area contributed by atoms with Crippen molar-refractivity contribution in [1.82, 2.24) is 19.2 Å². The minimum atomic E-state index is -4.66. The van der Waals surface area contributed by atoms with Crippen molar-refractivity contribution in [2.45, 2.75) is 63.8 Å². The third kappa shape index (κ3) is 9.57. The molecule has 0 amide bonds. The highest BCUT2D eigenvalue weighted by molar-refractivity contribution is 7.88. The molecule has 0 saturated carbocycles. The van der Waals surface area contributed by atoms with Crippen molar-refractivity contribution in [1.29, 1.82) is 0 Å². The van der Waals surface area contributed by atoms with Gasteiger partial charge in [-0.2, -0.15) is 22.5 Å². The van der Waals surface area contributed by atoms with Crippen LogP contribution in [0, 0.1) is 5.82 Å². The number of hydrogen-bond acceptors (Lipinski definition) is 9. The number of aromatic carboxylic acids is 1. The Hall–Kier alpha value is -4.02. The molecule has 0 spiro atoms. The van der Waals surface area contributed by atoms with Crippen LogP contribution in [0.15, 0.2) is 54.7 Å². The van der Waals surface area contributed by atoms with Crippen LogP contribution in [0.2, 0.25) is 0 Å². The van der Waals surface area contributed by atoms with Crippen LogP contribution in [0.25, 0.3) is 0 Å². The molecular weight excluding hydrogens is 666 g/mol. The molecule has 11 nitrogen and oxygen atoms in total. The van der Waals surface area contributed by atoms with E-state index in [2.05, 4.69) is 60.2 Å². The molecule has 0 bridgehead atoms. The molecule has 0 radical (unpaired) electrons. The second-order valence-corrected chi connectivity index (χ2v) is 15.5. The molecule has 268 valence electrons. The Morgan fingerprint density at radius 2 is 1.57 bits per heavy atom. The molecule has 0 aliphatic carbocycles. The van der Waals surface area contributed by atoms with Crippen molar-refractivity contribution in [3.05, 3.63) is 71.7 Å². The van der Waals surface area contributed by atoms with E-state index in [-0.39, 0.29) is 66.4 Å². The van der Waals surface area contributed by atoms with E-state index in [4.69, 9.17) is 5.11 Å². The zero-order chi connectivity index (χ0) is 36.4. The van der Waals surface area contributed by atoms with Gasteiger partial charge < -0.3 is 20.6 Å². The van der Waals surface area contributed by atoms with Crippen LogP contribution in [0.3, 0.4) is 0 Å². The number of piperazine rings is 1. The summed E-state index contributed by atoms with van der Waals surface area (Å²) in [5, 5.41) is 14.3. The Morgan fingerprint density at radius 1 is 0.980 bits per heavy atom. The molecule has 3 aromatic rings. The molecule has 2 aromatic carbocycles. The summed E-state index contributed by atoms with van der Waals surface area (Å²) in [6, 6.07) is 12.0. The maximum absolute atomic E-state index is 14.7. The normalized spacial score (nSPS) is 18.7. The SMILES string of the molecule is CN1C(C)(C)CC(Nc2nc(Nc3ccc(N4CCN(S(C)(=O)=O)CC4)c(C(F)(F)F)c3)ncc2F)CC1(C)C.O=C(O)c1ccccc1. The Morgan fingerprint density at radius 3 is 2.08 bits per heavy atom. The smallest absolute Gasteiger partial charge is 0.418 e. The molecule has 2 fully saturated rings. The number of carboxylic acid groups (broad SMARTS) is 1. The lowest BCUT2D eigenvalue weighted by molar-refractivity contribution is -0.137. The maximum Gasteiger partial charge on any atom is 0.418 e. The first kappa shape index (κ1) is 37.8. The molecule has 49 heavy (non-hydrogen) atoms. The van der Waals surface area contributed by atoms with Crippen LogP contribution in [0.4, 0.5) is 40.7 Å². The quantitative estimate of drug-likeness (QED) is 0.255. The Kier molecular flexibility index (Phi) is 11.1. The summed E-state index contributed by atoms with van der Waals surface area (Å²) < 4.78 is 81.7. The van der Waals surface area contributed by atoms with Gasteiger partial charge in [-0.05, 0) is 77.9 Å². The van der Waals surface area contributed by atoms with Gasteiger partial charge in [0.1, 0.15) is 0 Å². The summed E-state index contributed by atoms with van der Waals surface area (Å²) in [7, 11) is -1.35. The van der Waals surface area contributed by atoms with E-state index in [1.807, 2.05) is 0 Å². The number of sulfonamides is 1. The summed E-state index contributed by atoms with van der Waals surface area (Å²) >= 11 is 0. The first-order valence-electron chi connectivity index (χ1n) is 15.7. The topological polar surface area (TPSA) is 131 Å². The second kappa shape index (κ2) is 14.5. The standard InChI is InChI=1S/C26H37F4N7O2S.C7H6O2/c1-24(2)14-18(15-25(3,4)35(24)5)32-22-20(27)16-31-23(34-22)33-17-7-8-21(19(13-17)26(28,29)30)36-9-11-37(12-10-36)40(6,38)39;8-7(9)6-4-2-1-3-5-6/h7-8,13,16,18H,9-12,14-15H2,1-6H3,(H2,31,32,33,34);1-5H,(H,8,9). The lowest BCUT2D eigenvalue weighted by Crippen LogP contribution is -2.61. The Balaban J connectivity index is 0.000000520. The van der Waals surface area contributed by atoms with Crippen LogP contribution in [0.1, 0.15) is 56.5 Å². The van der Waals surface area contributed by atoms with Gasteiger partial charge in [0.2, 0.25) is 16.0 Å². The fourth-order valence-corrected chi connectivity index (χ4v) is 7.11. The molecule has 2 saturated heterocycles. The molecule has 5 rings (SSSR count). The molecule has 2 aliphatic rings. The Labute approximate surface area is 284 Å². The summed E-state index contributed by atoms with van der Waals surface area (Å²) in [5.41, 5.74) is -0.779. The van der Waals surface area contributed by atoms with E-state index in [1.165, 1.54) is 21.3 Å². The number of carbonyl (C=O) groups is 1. The third-order valence-electron chi connectivity index (χ3n) is 9.02. The van der Waals surface area contributed by atoms with Gasteiger partial charge in [0.15, 0.2) is 11.6 Å². The first-order valence-corrected chi connectivity index (χ1v) is 17.5. The van der Waals surface area contributed by atoms with Gasteiger partial charge in [0.05, 0.1) is 23.6 Å². The molecule has 0 atom stereocenters. The average molecular weight is 710 g/mol. The lowest BCUT2D eigenvalue weighted by Gasteiger charge is -2.53.